The minimum Gasteiger partial charge on any atom is -0.340 e. The van der Waals surface area contributed by atoms with E-state index in [2.05, 4.69) is 15.4 Å². The first-order valence-corrected chi connectivity index (χ1v) is 12.0. The van der Waals surface area contributed by atoms with Gasteiger partial charge < -0.3 is 10.6 Å². The lowest BCUT2D eigenvalue weighted by Gasteiger charge is -2.22. The molecule has 0 aliphatic heterocycles. The normalized spacial score (nSPS) is 12.1. The Morgan fingerprint density at radius 1 is 0.818 bits per heavy atom. The Morgan fingerprint density at radius 2 is 1.48 bits per heavy atom. The van der Waals surface area contributed by atoms with Gasteiger partial charge in [0.2, 0.25) is 5.91 Å². The number of carbonyl (C=O) groups is 2. The summed E-state index contributed by atoms with van der Waals surface area (Å²) >= 11 is 0. The highest BCUT2D eigenvalue weighted by Crippen LogP contribution is 2.20. The fourth-order valence-corrected chi connectivity index (χ4v) is 4.31. The van der Waals surface area contributed by atoms with Crippen LogP contribution in [0.3, 0.4) is 0 Å². The smallest absolute Gasteiger partial charge is 0.261 e. The van der Waals surface area contributed by atoms with Gasteiger partial charge in [0, 0.05) is 11.3 Å². The molecule has 3 aromatic carbocycles. The van der Waals surface area contributed by atoms with Crippen LogP contribution in [0.4, 0.5) is 11.4 Å². The molecule has 3 aromatic rings. The molecular weight excluding hydrogens is 438 g/mol. The van der Waals surface area contributed by atoms with Crippen LogP contribution < -0.4 is 15.4 Å². The fourth-order valence-electron chi connectivity index (χ4n) is 3.24. The molecule has 0 aliphatic carbocycles. The molecule has 1 atom stereocenters. The van der Waals surface area contributed by atoms with E-state index in [0.29, 0.717) is 16.9 Å². The standard InChI is InChI=1S/C25H27N3O4S/c1-17(2)23(27-24(29)19-10-7-9-18(3)15-19)25(30)26-20-11-8-12-21(16-20)28-33(31,32)22-13-5-4-6-14-22/h4-17,23,28H,1-3H3,(H,26,30)(H,27,29). The lowest BCUT2D eigenvalue weighted by Crippen LogP contribution is -2.47. The van der Waals surface area contributed by atoms with Crippen molar-refractivity contribution in [3.05, 3.63) is 90.0 Å². The van der Waals surface area contributed by atoms with Gasteiger partial charge in [-0.2, -0.15) is 0 Å². The molecule has 1 unspecified atom stereocenters. The van der Waals surface area contributed by atoms with Gasteiger partial charge in [-0.05, 0) is 55.3 Å². The zero-order chi connectivity index (χ0) is 24.0. The number of carbonyl (C=O) groups excluding carboxylic acids is 2. The first kappa shape index (κ1) is 24.0. The summed E-state index contributed by atoms with van der Waals surface area (Å²) in [5, 5.41) is 5.56. The molecule has 2 amide bonds. The lowest BCUT2D eigenvalue weighted by molar-refractivity contribution is -0.118. The molecule has 0 aromatic heterocycles. The van der Waals surface area contributed by atoms with E-state index in [0.717, 1.165) is 5.56 Å². The number of anilines is 2. The van der Waals surface area contributed by atoms with Crippen LogP contribution in [0, 0.1) is 12.8 Å². The predicted octanol–water partition coefficient (Wildman–Crippen LogP) is 4.19. The number of rotatable bonds is 8. The second-order valence-corrected chi connectivity index (χ2v) is 9.74. The first-order valence-electron chi connectivity index (χ1n) is 10.5. The van der Waals surface area contributed by atoms with Crippen molar-refractivity contribution in [2.45, 2.75) is 31.7 Å². The summed E-state index contributed by atoms with van der Waals surface area (Å²) in [6.45, 7) is 5.57. The highest BCUT2D eigenvalue weighted by atomic mass is 32.2. The lowest BCUT2D eigenvalue weighted by atomic mass is 10.0. The Balaban J connectivity index is 1.72. The summed E-state index contributed by atoms with van der Waals surface area (Å²) in [4.78, 5) is 25.7. The minimum absolute atomic E-state index is 0.137. The molecule has 0 aliphatic rings. The second kappa shape index (κ2) is 10.3. The van der Waals surface area contributed by atoms with Crippen LogP contribution in [-0.2, 0) is 14.8 Å². The molecule has 0 saturated carbocycles. The zero-order valence-electron chi connectivity index (χ0n) is 18.7. The second-order valence-electron chi connectivity index (χ2n) is 8.05. The van der Waals surface area contributed by atoms with E-state index in [-0.39, 0.29) is 16.7 Å². The van der Waals surface area contributed by atoms with Gasteiger partial charge >= 0.3 is 0 Å². The van der Waals surface area contributed by atoms with Gasteiger partial charge in [-0.15, -0.1) is 0 Å². The van der Waals surface area contributed by atoms with Crippen LogP contribution in [-0.4, -0.2) is 26.3 Å². The molecule has 3 N–H and O–H groups in total. The minimum atomic E-state index is -3.76. The maximum Gasteiger partial charge on any atom is 0.261 e. The van der Waals surface area contributed by atoms with Gasteiger partial charge in [-0.25, -0.2) is 8.42 Å². The molecule has 172 valence electrons. The van der Waals surface area contributed by atoms with Crippen molar-refractivity contribution in [1.82, 2.24) is 5.32 Å². The summed E-state index contributed by atoms with van der Waals surface area (Å²) < 4.78 is 27.6. The van der Waals surface area contributed by atoms with Gasteiger partial charge in [0.25, 0.3) is 15.9 Å². The maximum absolute atomic E-state index is 12.9. The summed E-state index contributed by atoms with van der Waals surface area (Å²) in [6.07, 6.45) is 0. The number of nitrogens with one attached hydrogen (secondary N) is 3. The van der Waals surface area contributed by atoms with Crippen molar-refractivity contribution in [3.8, 4) is 0 Å². The molecule has 3 rings (SSSR count). The number of amides is 2. The van der Waals surface area contributed by atoms with Crippen LogP contribution in [0.1, 0.15) is 29.8 Å². The molecule has 8 heteroatoms. The Labute approximate surface area is 194 Å². The van der Waals surface area contributed by atoms with E-state index in [4.69, 9.17) is 0 Å². The summed E-state index contributed by atoms with van der Waals surface area (Å²) in [7, 11) is -3.76. The van der Waals surface area contributed by atoms with Gasteiger partial charge in [0.05, 0.1) is 10.6 Å². The third kappa shape index (κ3) is 6.43. The van der Waals surface area contributed by atoms with Crippen molar-refractivity contribution >= 4 is 33.2 Å². The molecule has 0 bridgehead atoms. The highest BCUT2D eigenvalue weighted by molar-refractivity contribution is 7.92. The summed E-state index contributed by atoms with van der Waals surface area (Å²) in [5.74, 6) is -0.899. The van der Waals surface area contributed by atoms with E-state index >= 15 is 0 Å². The van der Waals surface area contributed by atoms with Gasteiger partial charge in [0.15, 0.2) is 0 Å². The van der Waals surface area contributed by atoms with Crippen molar-refractivity contribution in [2.75, 3.05) is 10.0 Å². The number of aryl methyl sites for hydroxylation is 1. The average molecular weight is 466 g/mol. The van der Waals surface area contributed by atoms with Crippen LogP contribution in [0.25, 0.3) is 0 Å². The van der Waals surface area contributed by atoms with Gasteiger partial charge in [-0.1, -0.05) is 55.8 Å². The third-order valence-electron chi connectivity index (χ3n) is 4.95. The fraction of sp³-hybridized carbons (Fsp3) is 0.200. The zero-order valence-corrected chi connectivity index (χ0v) is 19.5. The van der Waals surface area contributed by atoms with Crippen LogP contribution in [0.15, 0.2) is 83.8 Å². The van der Waals surface area contributed by atoms with E-state index in [9.17, 15) is 18.0 Å². The van der Waals surface area contributed by atoms with E-state index in [1.165, 1.54) is 18.2 Å². The molecule has 0 fully saturated rings. The third-order valence-corrected chi connectivity index (χ3v) is 6.35. The summed E-state index contributed by atoms with van der Waals surface area (Å²) in [6, 6.07) is 20.8. The number of sulfonamides is 1. The Hall–Kier alpha value is -3.65. The molecular formula is C25H27N3O4S. The van der Waals surface area contributed by atoms with E-state index < -0.39 is 22.0 Å². The molecule has 33 heavy (non-hydrogen) atoms. The number of benzene rings is 3. The van der Waals surface area contributed by atoms with Crippen molar-refractivity contribution in [2.24, 2.45) is 5.92 Å². The largest absolute Gasteiger partial charge is 0.340 e. The Kier molecular flexibility index (Phi) is 7.50. The molecule has 0 heterocycles. The van der Waals surface area contributed by atoms with E-state index in [1.807, 2.05) is 26.8 Å². The van der Waals surface area contributed by atoms with Crippen molar-refractivity contribution in [3.63, 3.8) is 0 Å². The average Bonchev–Trinajstić information content (AvgIpc) is 2.77. The van der Waals surface area contributed by atoms with Crippen LogP contribution in [0.2, 0.25) is 0 Å². The molecule has 7 nitrogen and oxygen atoms in total. The highest BCUT2D eigenvalue weighted by Gasteiger charge is 2.25. The van der Waals surface area contributed by atoms with Crippen LogP contribution in [0.5, 0.6) is 0 Å². The Bertz CT molecular complexity index is 1240. The molecule has 0 saturated heterocycles. The SMILES string of the molecule is Cc1cccc(C(=O)NC(C(=O)Nc2cccc(NS(=O)(=O)c3ccccc3)c2)C(C)C)c1. The summed E-state index contributed by atoms with van der Waals surface area (Å²) in [5.41, 5.74) is 2.14. The topological polar surface area (TPSA) is 104 Å². The van der Waals surface area contributed by atoms with Gasteiger partial charge in [0.1, 0.15) is 6.04 Å². The monoisotopic (exact) mass is 465 g/mol. The van der Waals surface area contributed by atoms with Crippen LogP contribution >= 0.6 is 0 Å². The number of hydrogen-bond acceptors (Lipinski definition) is 4. The quantitative estimate of drug-likeness (QED) is 0.464. The Morgan fingerprint density at radius 3 is 2.15 bits per heavy atom. The predicted molar refractivity (Wildman–Crippen MR) is 130 cm³/mol. The first-order chi connectivity index (χ1) is 15.7. The molecule has 0 radical (unpaired) electrons. The van der Waals surface area contributed by atoms with E-state index in [1.54, 1.807) is 54.6 Å². The maximum atomic E-state index is 12.9. The number of hydrogen-bond donors (Lipinski definition) is 3. The van der Waals surface area contributed by atoms with Gasteiger partial charge in [-0.3, -0.25) is 14.3 Å². The van der Waals surface area contributed by atoms with Crippen molar-refractivity contribution < 1.29 is 18.0 Å². The van der Waals surface area contributed by atoms with Crippen molar-refractivity contribution in [1.29, 1.82) is 0 Å². The molecule has 0 spiro atoms.